The van der Waals surface area contributed by atoms with Crippen LogP contribution in [0.3, 0.4) is 0 Å². The van der Waals surface area contributed by atoms with Crippen LogP contribution in [0.5, 0.6) is 5.75 Å². The highest BCUT2D eigenvalue weighted by atomic mass is 16.3. The predicted molar refractivity (Wildman–Crippen MR) is 121 cm³/mol. The van der Waals surface area contributed by atoms with Crippen molar-refractivity contribution in [2.75, 3.05) is 41.3 Å². The van der Waals surface area contributed by atoms with Gasteiger partial charge in [0.05, 0.1) is 11.2 Å². The molecule has 0 aliphatic carbocycles. The molecule has 29 heavy (non-hydrogen) atoms. The Morgan fingerprint density at radius 2 is 1.59 bits per heavy atom. The quantitative estimate of drug-likeness (QED) is 0.501. The average molecular weight is 391 g/mol. The van der Waals surface area contributed by atoms with E-state index in [-0.39, 0.29) is 0 Å². The first-order valence-corrected chi connectivity index (χ1v) is 10.2. The van der Waals surface area contributed by atoms with Crippen LogP contribution >= 0.6 is 0 Å². The number of nitrogens with zero attached hydrogens (tertiary/aromatic N) is 3. The molecule has 5 nitrogen and oxygen atoms in total. The lowest BCUT2D eigenvalue weighted by molar-refractivity contribution is 0.414. The van der Waals surface area contributed by atoms with Crippen LogP contribution in [0.1, 0.15) is 11.1 Å². The zero-order chi connectivity index (χ0) is 20.5. The molecular formula is C24H30N4O. The van der Waals surface area contributed by atoms with E-state index >= 15 is 0 Å². The molecule has 2 N–H and O–H groups in total. The third kappa shape index (κ3) is 3.76. The van der Waals surface area contributed by atoms with E-state index in [4.69, 9.17) is 0 Å². The molecule has 0 amide bonds. The lowest BCUT2D eigenvalue weighted by atomic mass is 10.1. The Balaban J connectivity index is 1.91. The lowest BCUT2D eigenvalue weighted by Crippen LogP contribution is -2.15. The predicted octanol–water partition coefficient (Wildman–Crippen LogP) is 4.03. The first-order chi connectivity index (χ1) is 14.0. The van der Waals surface area contributed by atoms with Crippen LogP contribution in [0.25, 0.3) is 27.5 Å². The Morgan fingerprint density at radius 1 is 0.897 bits per heavy atom. The third-order valence-electron chi connectivity index (χ3n) is 5.57. The Kier molecular flexibility index (Phi) is 5.35. The van der Waals surface area contributed by atoms with Crippen LogP contribution in [-0.4, -0.2) is 65.7 Å². The largest absolute Gasteiger partial charge is 0.506 e. The standard InChI is InChI=1S/C24H30N4O/c1-26(2)13-11-17-15-25-20-9-10-22(29)24(23(17)20)28-16-18(12-14-27(3)4)19-7-5-6-8-21(19)28/h5-10,15-16,25,29H,11-14H2,1-4H3. The number of rotatable bonds is 7. The van der Waals surface area contributed by atoms with Crippen molar-refractivity contribution in [1.82, 2.24) is 19.4 Å². The van der Waals surface area contributed by atoms with Gasteiger partial charge in [-0.15, -0.1) is 0 Å². The molecule has 0 spiro atoms. The maximum atomic E-state index is 10.9. The fourth-order valence-electron chi connectivity index (χ4n) is 4.03. The van der Waals surface area contributed by atoms with Crippen LogP contribution in [0.4, 0.5) is 0 Å². The number of fused-ring (bicyclic) bond motifs is 2. The van der Waals surface area contributed by atoms with Crippen LogP contribution in [0.2, 0.25) is 0 Å². The molecule has 0 bridgehead atoms. The Hall–Kier alpha value is -2.76. The van der Waals surface area contributed by atoms with Crippen molar-refractivity contribution in [2.45, 2.75) is 12.8 Å². The number of nitrogens with one attached hydrogen (secondary N) is 1. The summed E-state index contributed by atoms with van der Waals surface area (Å²) >= 11 is 0. The SMILES string of the molecule is CN(C)CCc1cn(-c2c(O)ccc3[nH]cc(CCN(C)C)c23)c2ccccc12. The summed E-state index contributed by atoms with van der Waals surface area (Å²) in [6.45, 7) is 1.95. The molecule has 152 valence electrons. The van der Waals surface area contributed by atoms with Gasteiger partial charge in [-0.25, -0.2) is 0 Å². The van der Waals surface area contributed by atoms with Gasteiger partial charge in [0.25, 0.3) is 0 Å². The third-order valence-corrected chi connectivity index (χ3v) is 5.57. The molecule has 0 saturated heterocycles. The Labute approximate surface area is 172 Å². The molecule has 2 heterocycles. The van der Waals surface area contributed by atoms with E-state index in [1.807, 2.05) is 6.07 Å². The number of phenolic OH excluding ortho intramolecular Hbond substituents is 1. The fourth-order valence-corrected chi connectivity index (χ4v) is 4.03. The molecule has 5 heteroatoms. The number of hydrogen-bond acceptors (Lipinski definition) is 3. The number of para-hydroxylation sites is 1. The molecule has 2 aromatic heterocycles. The van der Waals surface area contributed by atoms with E-state index < -0.39 is 0 Å². The number of benzene rings is 2. The molecule has 0 radical (unpaired) electrons. The van der Waals surface area contributed by atoms with Crippen molar-refractivity contribution in [1.29, 1.82) is 0 Å². The number of aromatic hydroxyl groups is 1. The van der Waals surface area contributed by atoms with E-state index in [1.54, 1.807) is 6.07 Å². The number of hydrogen-bond donors (Lipinski definition) is 2. The van der Waals surface area contributed by atoms with Crippen molar-refractivity contribution < 1.29 is 5.11 Å². The number of phenols is 1. The summed E-state index contributed by atoms with van der Waals surface area (Å²) in [5.41, 5.74) is 5.58. The summed E-state index contributed by atoms with van der Waals surface area (Å²) in [7, 11) is 8.37. The Morgan fingerprint density at radius 3 is 2.31 bits per heavy atom. The fraction of sp³-hybridized carbons (Fsp3) is 0.333. The first-order valence-electron chi connectivity index (χ1n) is 10.2. The van der Waals surface area contributed by atoms with Gasteiger partial charge in [-0.1, -0.05) is 18.2 Å². The van der Waals surface area contributed by atoms with E-state index in [2.05, 4.69) is 84.2 Å². The molecule has 0 fully saturated rings. The van der Waals surface area contributed by atoms with Crippen molar-refractivity contribution in [3.8, 4) is 11.4 Å². The molecule has 0 atom stereocenters. The van der Waals surface area contributed by atoms with Crippen LogP contribution in [0.15, 0.2) is 48.8 Å². The summed E-state index contributed by atoms with van der Waals surface area (Å²) in [6.07, 6.45) is 6.18. The number of likely N-dealkylation sites (N-methyl/N-ethyl adjacent to an activating group) is 2. The lowest BCUT2D eigenvalue weighted by Gasteiger charge is -2.13. The van der Waals surface area contributed by atoms with E-state index in [9.17, 15) is 5.11 Å². The van der Waals surface area contributed by atoms with Gasteiger partial charge in [-0.2, -0.15) is 0 Å². The molecule has 0 saturated carbocycles. The summed E-state index contributed by atoms with van der Waals surface area (Å²) in [5.74, 6) is 0.308. The minimum atomic E-state index is 0.308. The smallest absolute Gasteiger partial charge is 0.140 e. The maximum absolute atomic E-state index is 10.9. The zero-order valence-electron chi connectivity index (χ0n) is 17.7. The van der Waals surface area contributed by atoms with Crippen LogP contribution in [-0.2, 0) is 12.8 Å². The summed E-state index contributed by atoms with van der Waals surface area (Å²) < 4.78 is 2.17. The number of aromatic nitrogens is 2. The summed E-state index contributed by atoms with van der Waals surface area (Å²) in [6, 6.07) is 12.2. The number of H-pyrrole nitrogens is 1. The van der Waals surface area contributed by atoms with Crippen LogP contribution in [0, 0.1) is 0 Å². The van der Waals surface area contributed by atoms with Gasteiger partial charge in [0, 0.05) is 41.8 Å². The van der Waals surface area contributed by atoms with Gasteiger partial charge in [0.15, 0.2) is 0 Å². The van der Waals surface area contributed by atoms with Crippen molar-refractivity contribution in [2.24, 2.45) is 0 Å². The second kappa shape index (κ2) is 7.93. The molecular weight excluding hydrogens is 360 g/mol. The van der Waals surface area contributed by atoms with E-state index in [0.29, 0.717) is 5.75 Å². The molecule has 2 aromatic carbocycles. The normalized spacial score (nSPS) is 12.1. The topological polar surface area (TPSA) is 47.4 Å². The Bertz CT molecular complexity index is 1140. The minimum Gasteiger partial charge on any atom is -0.506 e. The van der Waals surface area contributed by atoms with E-state index in [0.717, 1.165) is 48.0 Å². The second-order valence-corrected chi connectivity index (χ2v) is 8.32. The van der Waals surface area contributed by atoms with Crippen LogP contribution < -0.4 is 0 Å². The average Bonchev–Trinajstić information content (AvgIpc) is 3.26. The highest BCUT2D eigenvalue weighted by Gasteiger charge is 2.18. The van der Waals surface area contributed by atoms with Gasteiger partial charge < -0.3 is 24.5 Å². The van der Waals surface area contributed by atoms with Gasteiger partial charge >= 0.3 is 0 Å². The zero-order valence-corrected chi connectivity index (χ0v) is 17.7. The van der Waals surface area contributed by atoms with E-state index in [1.165, 1.54) is 16.5 Å². The minimum absolute atomic E-state index is 0.308. The summed E-state index contributed by atoms with van der Waals surface area (Å²) in [4.78, 5) is 7.79. The first kappa shape index (κ1) is 19.6. The summed E-state index contributed by atoms with van der Waals surface area (Å²) in [5, 5.41) is 13.3. The van der Waals surface area contributed by atoms with Crippen molar-refractivity contribution in [3.63, 3.8) is 0 Å². The molecule has 4 rings (SSSR count). The monoisotopic (exact) mass is 390 g/mol. The maximum Gasteiger partial charge on any atom is 0.140 e. The number of aromatic amines is 1. The molecule has 4 aromatic rings. The van der Waals surface area contributed by atoms with Gasteiger partial charge in [0.2, 0.25) is 0 Å². The van der Waals surface area contributed by atoms with Gasteiger partial charge in [-0.05, 0) is 70.4 Å². The van der Waals surface area contributed by atoms with Crippen molar-refractivity contribution in [3.05, 3.63) is 59.9 Å². The molecule has 0 aliphatic heterocycles. The van der Waals surface area contributed by atoms with Gasteiger partial charge in [-0.3, -0.25) is 0 Å². The highest BCUT2D eigenvalue weighted by molar-refractivity contribution is 5.97. The van der Waals surface area contributed by atoms with Gasteiger partial charge in [0.1, 0.15) is 5.75 Å². The molecule has 0 aliphatic rings. The highest BCUT2D eigenvalue weighted by Crippen LogP contribution is 2.36. The molecule has 0 unspecified atom stereocenters. The second-order valence-electron chi connectivity index (χ2n) is 8.32. The van der Waals surface area contributed by atoms with Crippen molar-refractivity contribution >= 4 is 21.8 Å².